The lowest BCUT2D eigenvalue weighted by molar-refractivity contribution is -0.111. The van der Waals surface area contributed by atoms with Gasteiger partial charge in [0.1, 0.15) is 5.75 Å². The standard InChI is InChI=1S/C17H15Cl2NO2/c1-2-22-16-6-4-3-5-12(16)7-10-17(21)20-13-8-9-14(18)15(19)11-13/h3-11H,2H2,1H3,(H,20,21)/b10-7+. The molecule has 0 heterocycles. The highest BCUT2D eigenvalue weighted by Gasteiger charge is 2.03. The molecule has 0 aliphatic heterocycles. The second kappa shape index (κ2) is 7.87. The van der Waals surface area contributed by atoms with Crippen LogP contribution in [0.2, 0.25) is 10.0 Å². The van der Waals surface area contributed by atoms with Gasteiger partial charge in [-0.1, -0.05) is 41.4 Å². The van der Waals surface area contributed by atoms with Gasteiger partial charge >= 0.3 is 0 Å². The SMILES string of the molecule is CCOc1ccccc1/C=C/C(=O)Nc1ccc(Cl)c(Cl)c1. The first-order valence-corrected chi connectivity index (χ1v) is 7.51. The van der Waals surface area contributed by atoms with E-state index in [2.05, 4.69) is 5.32 Å². The number of rotatable bonds is 5. The second-order valence-electron chi connectivity index (χ2n) is 4.42. The second-order valence-corrected chi connectivity index (χ2v) is 5.24. The molecule has 114 valence electrons. The van der Waals surface area contributed by atoms with E-state index >= 15 is 0 Å². The predicted molar refractivity (Wildman–Crippen MR) is 91.7 cm³/mol. The van der Waals surface area contributed by atoms with Crippen LogP contribution in [0.25, 0.3) is 6.08 Å². The lowest BCUT2D eigenvalue weighted by atomic mass is 10.2. The van der Waals surface area contributed by atoms with Gasteiger partial charge < -0.3 is 10.1 Å². The van der Waals surface area contributed by atoms with Crippen molar-refractivity contribution in [1.29, 1.82) is 0 Å². The molecule has 1 N–H and O–H groups in total. The lowest BCUT2D eigenvalue weighted by Crippen LogP contribution is -2.07. The van der Waals surface area contributed by atoms with Crippen LogP contribution in [0.15, 0.2) is 48.5 Å². The van der Waals surface area contributed by atoms with Crippen molar-refractivity contribution in [3.8, 4) is 5.75 Å². The zero-order valence-electron chi connectivity index (χ0n) is 12.0. The fraction of sp³-hybridized carbons (Fsp3) is 0.118. The summed E-state index contributed by atoms with van der Waals surface area (Å²) in [7, 11) is 0. The van der Waals surface area contributed by atoms with E-state index < -0.39 is 0 Å². The van der Waals surface area contributed by atoms with E-state index in [1.807, 2.05) is 31.2 Å². The molecule has 0 aliphatic rings. The van der Waals surface area contributed by atoms with Gasteiger partial charge in [0, 0.05) is 17.3 Å². The number of anilines is 1. The minimum absolute atomic E-state index is 0.260. The van der Waals surface area contributed by atoms with Crippen LogP contribution in [-0.2, 0) is 4.79 Å². The summed E-state index contributed by atoms with van der Waals surface area (Å²) in [5.41, 5.74) is 1.43. The molecule has 0 unspecified atom stereocenters. The quantitative estimate of drug-likeness (QED) is 0.777. The molecule has 2 aromatic carbocycles. The molecule has 0 aliphatic carbocycles. The van der Waals surface area contributed by atoms with Crippen LogP contribution in [0.3, 0.4) is 0 Å². The van der Waals surface area contributed by atoms with Gasteiger partial charge in [-0.05, 0) is 37.3 Å². The molecule has 0 bridgehead atoms. The Kier molecular flexibility index (Phi) is 5.87. The van der Waals surface area contributed by atoms with Crippen LogP contribution in [-0.4, -0.2) is 12.5 Å². The van der Waals surface area contributed by atoms with Gasteiger partial charge in [0.15, 0.2) is 0 Å². The zero-order valence-corrected chi connectivity index (χ0v) is 13.5. The molecule has 22 heavy (non-hydrogen) atoms. The van der Waals surface area contributed by atoms with E-state index in [1.54, 1.807) is 24.3 Å². The molecule has 2 aromatic rings. The summed E-state index contributed by atoms with van der Waals surface area (Å²) in [4.78, 5) is 11.9. The third-order valence-corrected chi connectivity index (χ3v) is 3.56. The summed E-state index contributed by atoms with van der Waals surface area (Å²) in [5, 5.41) is 3.56. The summed E-state index contributed by atoms with van der Waals surface area (Å²) < 4.78 is 5.50. The first-order valence-electron chi connectivity index (χ1n) is 6.76. The number of amides is 1. The summed E-state index contributed by atoms with van der Waals surface area (Å²) >= 11 is 11.7. The van der Waals surface area contributed by atoms with Crippen LogP contribution in [0, 0.1) is 0 Å². The Hall–Kier alpha value is -1.97. The predicted octanol–water partition coefficient (Wildman–Crippen LogP) is 5.04. The van der Waals surface area contributed by atoms with Crippen molar-refractivity contribution in [2.45, 2.75) is 6.92 Å². The van der Waals surface area contributed by atoms with Crippen LogP contribution in [0.4, 0.5) is 5.69 Å². The van der Waals surface area contributed by atoms with E-state index in [-0.39, 0.29) is 5.91 Å². The van der Waals surface area contributed by atoms with Gasteiger partial charge in [-0.25, -0.2) is 0 Å². The fourth-order valence-corrected chi connectivity index (χ4v) is 2.13. The highest BCUT2D eigenvalue weighted by Crippen LogP contribution is 2.25. The van der Waals surface area contributed by atoms with Gasteiger partial charge in [0.05, 0.1) is 16.7 Å². The lowest BCUT2D eigenvalue weighted by Gasteiger charge is -2.06. The van der Waals surface area contributed by atoms with Crippen LogP contribution >= 0.6 is 23.2 Å². The van der Waals surface area contributed by atoms with Crippen molar-refractivity contribution in [2.75, 3.05) is 11.9 Å². The minimum atomic E-state index is -0.260. The van der Waals surface area contributed by atoms with Crippen molar-refractivity contribution in [3.05, 3.63) is 64.1 Å². The van der Waals surface area contributed by atoms with Gasteiger partial charge in [-0.3, -0.25) is 4.79 Å². The van der Waals surface area contributed by atoms with E-state index in [0.29, 0.717) is 22.3 Å². The van der Waals surface area contributed by atoms with E-state index in [0.717, 1.165) is 11.3 Å². The molecule has 3 nitrogen and oxygen atoms in total. The molecule has 1 amide bonds. The number of hydrogen-bond acceptors (Lipinski definition) is 2. The van der Waals surface area contributed by atoms with Crippen LogP contribution < -0.4 is 10.1 Å². The molecule has 0 saturated heterocycles. The topological polar surface area (TPSA) is 38.3 Å². The average Bonchev–Trinajstić information content (AvgIpc) is 2.50. The maximum Gasteiger partial charge on any atom is 0.248 e. The Balaban J connectivity index is 2.06. The molecule has 0 fully saturated rings. The third-order valence-electron chi connectivity index (χ3n) is 2.82. The monoisotopic (exact) mass is 335 g/mol. The maximum atomic E-state index is 11.9. The number of benzene rings is 2. The van der Waals surface area contributed by atoms with Crippen molar-refractivity contribution in [2.24, 2.45) is 0 Å². The summed E-state index contributed by atoms with van der Waals surface area (Å²) in [6, 6.07) is 12.4. The number of carbonyl (C=O) groups excluding carboxylic acids is 1. The number of halogens is 2. The Bertz CT molecular complexity index is 699. The Morgan fingerprint density at radius 1 is 1.18 bits per heavy atom. The molecule has 0 radical (unpaired) electrons. The number of nitrogens with one attached hydrogen (secondary N) is 1. The number of ether oxygens (including phenoxy) is 1. The minimum Gasteiger partial charge on any atom is -0.493 e. The normalized spacial score (nSPS) is 10.7. The molecule has 0 spiro atoms. The Labute approximate surface area is 139 Å². The van der Waals surface area contributed by atoms with Gasteiger partial charge in [-0.2, -0.15) is 0 Å². The summed E-state index contributed by atoms with van der Waals surface area (Å²) in [5.74, 6) is 0.480. The number of para-hydroxylation sites is 1. The first-order chi connectivity index (χ1) is 10.6. The molecular formula is C17H15Cl2NO2. The highest BCUT2D eigenvalue weighted by molar-refractivity contribution is 6.42. The summed E-state index contributed by atoms with van der Waals surface area (Å²) in [6.07, 6.45) is 3.15. The Morgan fingerprint density at radius 3 is 2.68 bits per heavy atom. The van der Waals surface area contributed by atoms with Crippen molar-refractivity contribution in [3.63, 3.8) is 0 Å². The highest BCUT2D eigenvalue weighted by atomic mass is 35.5. The van der Waals surface area contributed by atoms with E-state index in [1.165, 1.54) is 6.08 Å². The number of hydrogen-bond donors (Lipinski definition) is 1. The smallest absolute Gasteiger partial charge is 0.248 e. The van der Waals surface area contributed by atoms with Gasteiger partial charge in [0.2, 0.25) is 5.91 Å². The van der Waals surface area contributed by atoms with Crippen molar-refractivity contribution >= 4 is 40.9 Å². The van der Waals surface area contributed by atoms with Crippen molar-refractivity contribution in [1.82, 2.24) is 0 Å². The van der Waals surface area contributed by atoms with Crippen molar-refractivity contribution < 1.29 is 9.53 Å². The zero-order chi connectivity index (χ0) is 15.9. The first kappa shape index (κ1) is 16.4. The molecule has 0 saturated carbocycles. The molecular weight excluding hydrogens is 321 g/mol. The van der Waals surface area contributed by atoms with E-state index in [4.69, 9.17) is 27.9 Å². The largest absolute Gasteiger partial charge is 0.493 e. The van der Waals surface area contributed by atoms with Gasteiger partial charge in [-0.15, -0.1) is 0 Å². The molecule has 0 atom stereocenters. The van der Waals surface area contributed by atoms with E-state index in [9.17, 15) is 4.79 Å². The van der Waals surface area contributed by atoms with Crippen LogP contribution in [0.1, 0.15) is 12.5 Å². The average molecular weight is 336 g/mol. The molecule has 5 heteroatoms. The molecule has 2 rings (SSSR count). The van der Waals surface area contributed by atoms with Crippen LogP contribution in [0.5, 0.6) is 5.75 Å². The fourth-order valence-electron chi connectivity index (χ4n) is 1.83. The maximum absolute atomic E-state index is 11.9. The summed E-state index contributed by atoms with van der Waals surface area (Å²) in [6.45, 7) is 2.48. The number of carbonyl (C=O) groups is 1. The molecule has 0 aromatic heterocycles. The Morgan fingerprint density at radius 2 is 1.95 bits per heavy atom. The third kappa shape index (κ3) is 4.52. The van der Waals surface area contributed by atoms with Gasteiger partial charge in [0.25, 0.3) is 0 Å².